The van der Waals surface area contributed by atoms with Crippen LogP contribution in [0.1, 0.15) is 11.3 Å². The molecule has 1 aromatic heterocycles. The van der Waals surface area contributed by atoms with Crippen molar-refractivity contribution in [1.82, 2.24) is 4.57 Å². The van der Waals surface area contributed by atoms with Gasteiger partial charge in [0, 0.05) is 22.6 Å². The van der Waals surface area contributed by atoms with Crippen LogP contribution in [0.15, 0.2) is 28.9 Å². The van der Waals surface area contributed by atoms with Crippen LogP contribution in [0.3, 0.4) is 0 Å². The van der Waals surface area contributed by atoms with E-state index in [1.807, 2.05) is 26.1 Å². The minimum absolute atomic E-state index is 0.00331. The summed E-state index contributed by atoms with van der Waals surface area (Å²) in [4.78, 5) is 0. The Balaban J connectivity index is 2.70. The van der Waals surface area contributed by atoms with Gasteiger partial charge in [-0.3, -0.25) is 0 Å². The topological polar surface area (TPSA) is 77.2 Å². The Bertz CT molecular complexity index is 660. The SMILES string of the molecule is C=C(O)C(N)Cc1c(C)n(C)c2c(N)ccc(Br)c12. The smallest absolute Gasteiger partial charge is 0.102 e. The van der Waals surface area contributed by atoms with Crippen LogP contribution in [0.2, 0.25) is 0 Å². The van der Waals surface area contributed by atoms with Crippen molar-refractivity contribution in [3.8, 4) is 0 Å². The van der Waals surface area contributed by atoms with Crippen molar-refractivity contribution >= 4 is 32.5 Å². The first-order valence-electron chi connectivity index (χ1n) is 5.99. The van der Waals surface area contributed by atoms with Gasteiger partial charge >= 0.3 is 0 Å². The fourth-order valence-electron chi connectivity index (χ4n) is 2.37. The van der Waals surface area contributed by atoms with Crippen LogP contribution >= 0.6 is 15.9 Å². The van der Waals surface area contributed by atoms with E-state index in [-0.39, 0.29) is 5.76 Å². The van der Waals surface area contributed by atoms with Crippen molar-refractivity contribution < 1.29 is 5.11 Å². The highest BCUT2D eigenvalue weighted by Gasteiger charge is 2.19. The van der Waals surface area contributed by atoms with Gasteiger partial charge in [0.1, 0.15) is 5.76 Å². The zero-order valence-electron chi connectivity index (χ0n) is 11.1. The minimum Gasteiger partial charge on any atom is -0.511 e. The number of aromatic nitrogens is 1. The molecule has 1 heterocycles. The minimum atomic E-state index is -0.474. The number of aliphatic hydroxyl groups excluding tert-OH is 1. The Kier molecular flexibility index (Phi) is 3.60. The third kappa shape index (κ3) is 2.24. The number of hydrogen-bond acceptors (Lipinski definition) is 3. The van der Waals surface area contributed by atoms with E-state index in [0.717, 1.165) is 32.3 Å². The van der Waals surface area contributed by atoms with Gasteiger partial charge in [-0.15, -0.1) is 0 Å². The Hall–Kier alpha value is -1.46. The predicted molar refractivity (Wildman–Crippen MR) is 83.2 cm³/mol. The number of rotatable bonds is 3. The highest BCUT2D eigenvalue weighted by molar-refractivity contribution is 9.10. The maximum Gasteiger partial charge on any atom is 0.102 e. The highest BCUT2D eigenvalue weighted by Crippen LogP contribution is 2.35. The summed E-state index contributed by atoms with van der Waals surface area (Å²) in [5.41, 5.74) is 15.8. The number of anilines is 1. The molecule has 0 aliphatic heterocycles. The molecule has 5 N–H and O–H groups in total. The molecule has 0 bridgehead atoms. The molecule has 0 aliphatic carbocycles. The zero-order chi connectivity index (χ0) is 14.3. The monoisotopic (exact) mass is 323 g/mol. The van der Waals surface area contributed by atoms with Gasteiger partial charge in [-0.1, -0.05) is 22.5 Å². The van der Waals surface area contributed by atoms with Gasteiger partial charge in [0.15, 0.2) is 0 Å². The summed E-state index contributed by atoms with van der Waals surface area (Å²) in [6, 6.07) is 3.33. The number of halogens is 1. The second kappa shape index (κ2) is 4.90. The molecular weight excluding hydrogens is 306 g/mol. The van der Waals surface area contributed by atoms with Crippen LogP contribution in [0.4, 0.5) is 5.69 Å². The van der Waals surface area contributed by atoms with Gasteiger partial charge < -0.3 is 21.1 Å². The maximum absolute atomic E-state index is 9.41. The quantitative estimate of drug-likeness (QED) is 0.600. The van der Waals surface area contributed by atoms with Crippen molar-refractivity contribution in [3.63, 3.8) is 0 Å². The Morgan fingerprint density at radius 1 is 1.53 bits per heavy atom. The lowest BCUT2D eigenvalue weighted by molar-refractivity contribution is 0.368. The Morgan fingerprint density at radius 2 is 2.16 bits per heavy atom. The number of fused-ring (bicyclic) bond motifs is 1. The average molecular weight is 324 g/mol. The number of nitrogen functional groups attached to an aromatic ring is 1. The van der Waals surface area contributed by atoms with Crippen molar-refractivity contribution in [2.45, 2.75) is 19.4 Å². The summed E-state index contributed by atoms with van der Waals surface area (Å²) in [6.45, 7) is 5.52. The molecule has 0 spiro atoms. The first kappa shape index (κ1) is 14.0. The number of hydrogen-bond donors (Lipinski definition) is 3. The molecule has 0 fully saturated rings. The third-order valence-corrected chi connectivity index (χ3v) is 4.25. The lowest BCUT2D eigenvalue weighted by atomic mass is 10.0. The normalized spacial score (nSPS) is 12.8. The average Bonchev–Trinajstić information content (AvgIpc) is 2.60. The van der Waals surface area contributed by atoms with E-state index in [9.17, 15) is 5.11 Å². The van der Waals surface area contributed by atoms with Crippen LogP contribution in [0.25, 0.3) is 10.9 Å². The summed E-state index contributed by atoms with van der Waals surface area (Å²) >= 11 is 3.56. The second-order valence-corrected chi connectivity index (χ2v) is 5.64. The van der Waals surface area contributed by atoms with E-state index in [1.165, 1.54) is 0 Å². The zero-order valence-corrected chi connectivity index (χ0v) is 12.7. The van der Waals surface area contributed by atoms with Crippen LogP contribution in [0, 0.1) is 6.92 Å². The Morgan fingerprint density at radius 3 is 2.74 bits per heavy atom. The molecule has 5 heteroatoms. The van der Waals surface area contributed by atoms with Gasteiger partial charge in [-0.05, 0) is 31.0 Å². The number of aliphatic hydroxyl groups is 1. The lowest BCUT2D eigenvalue weighted by Gasteiger charge is -2.10. The van der Waals surface area contributed by atoms with E-state index in [4.69, 9.17) is 11.5 Å². The van der Waals surface area contributed by atoms with Gasteiger partial charge in [-0.2, -0.15) is 0 Å². The molecule has 2 aromatic rings. The maximum atomic E-state index is 9.41. The van der Waals surface area contributed by atoms with Crippen LogP contribution in [0.5, 0.6) is 0 Å². The van der Waals surface area contributed by atoms with Crippen molar-refractivity contribution in [3.05, 3.63) is 40.2 Å². The van der Waals surface area contributed by atoms with E-state index in [2.05, 4.69) is 27.1 Å². The van der Waals surface area contributed by atoms with Gasteiger partial charge in [-0.25, -0.2) is 0 Å². The van der Waals surface area contributed by atoms with Crippen molar-refractivity contribution in [1.29, 1.82) is 0 Å². The second-order valence-electron chi connectivity index (χ2n) is 4.79. The molecule has 1 aromatic carbocycles. The third-order valence-electron chi connectivity index (χ3n) is 3.59. The predicted octanol–water partition coefficient (Wildman–Crippen LogP) is 2.77. The summed E-state index contributed by atoms with van der Waals surface area (Å²) in [7, 11) is 1.98. The lowest BCUT2D eigenvalue weighted by Crippen LogP contribution is -2.25. The number of nitrogens with zero attached hydrogens (tertiary/aromatic N) is 1. The molecule has 0 saturated heterocycles. The molecule has 4 nitrogen and oxygen atoms in total. The highest BCUT2D eigenvalue weighted by atomic mass is 79.9. The molecule has 0 aliphatic rings. The van der Waals surface area contributed by atoms with E-state index >= 15 is 0 Å². The van der Waals surface area contributed by atoms with Crippen molar-refractivity contribution in [2.75, 3.05) is 5.73 Å². The van der Waals surface area contributed by atoms with Crippen LogP contribution < -0.4 is 11.5 Å². The molecular formula is C14H18BrN3O. The molecule has 2 rings (SSSR count). The summed E-state index contributed by atoms with van der Waals surface area (Å²) in [6.07, 6.45) is 0.528. The first-order valence-corrected chi connectivity index (χ1v) is 6.79. The van der Waals surface area contributed by atoms with Crippen LogP contribution in [-0.2, 0) is 13.5 Å². The van der Waals surface area contributed by atoms with Crippen LogP contribution in [-0.4, -0.2) is 15.7 Å². The molecule has 0 saturated carbocycles. The Labute approximate surface area is 120 Å². The van der Waals surface area contributed by atoms with Crippen molar-refractivity contribution in [2.24, 2.45) is 12.8 Å². The summed E-state index contributed by atoms with van der Waals surface area (Å²) in [5.74, 6) is -0.00331. The number of nitrogens with two attached hydrogens (primary N) is 2. The van der Waals surface area contributed by atoms with Gasteiger partial charge in [0.2, 0.25) is 0 Å². The molecule has 1 unspecified atom stereocenters. The van der Waals surface area contributed by atoms with Gasteiger partial charge in [0.05, 0.1) is 17.2 Å². The molecule has 0 amide bonds. The standard InChI is InChI=1S/C14H18BrN3O/c1-7-9(6-12(17)8(2)19)13-10(15)4-5-11(16)14(13)18(7)3/h4-5,12,19H,2,6,16-17H2,1,3H3. The fourth-order valence-corrected chi connectivity index (χ4v) is 2.93. The molecule has 102 valence electrons. The molecule has 1 atom stereocenters. The molecule has 0 radical (unpaired) electrons. The largest absolute Gasteiger partial charge is 0.511 e. The molecule has 19 heavy (non-hydrogen) atoms. The fraction of sp³-hybridized carbons (Fsp3) is 0.286. The van der Waals surface area contributed by atoms with Gasteiger partial charge in [0.25, 0.3) is 0 Å². The summed E-state index contributed by atoms with van der Waals surface area (Å²) in [5, 5.41) is 10.5. The van der Waals surface area contributed by atoms with E-state index in [0.29, 0.717) is 6.42 Å². The summed E-state index contributed by atoms with van der Waals surface area (Å²) < 4.78 is 3.03. The van der Waals surface area contributed by atoms with E-state index in [1.54, 1.807) is 0 Å². The van der Waals surface area contributed by atoms with E-state index < -0.39 is 6.04 Å². The number of aryl methyl sites for hydroxylation is 1. The number of benzene rings is 1. The first-order chi connectivity index (χ1) is 8.84.